The molecule has 0 saturated heterocycles. The zero-order chi connectivity index (χ0) is 16.7. The Labute approximate surface area is 140 Å². The van der Waals surface area contributed by atoms with E-state index in [-0.39, 0.29) is 0 Å². The van der Waals surface area contributed by atoms with Gasteiger partial charge in [0.05, 0.1) is 5.36 Å². The minimum Gasteiger partial charge on any atom is -0.452 e. The van der Waals surface area contributed by atoms with Gasteiger partial charge in [-0.3, -0.25) is 4.99 Å². The first kappa shape index (κ1) is 14.7. The number of fused-ring (bicyclic) bond motifs is 4. The lowest BCUT2D eigenvalue weighted by atomic mass is 10.1. The van der Waals surface area contributed by atoms with Crippen LogP contribution >= 0.6 is 0 Å². The highest BCUT2D eigenvalue weighted by molar-refractivity contribution is 6.02. The molecule has 0 aliphatic heterocycles. The maximum absolute atomic E-state index is 6.27. The standard InChI is InChI=1S/C20H19N3O/c1-12-4-8-16-19(11-18(12)22-3)24-20-15-7-6-14(21-2)10-13(15)5-9-17(20)23-16/h4-12,22H,1-3H3. The maximum atomic E-state index is 6.27. The fourth-order valence-electron chi connectivity index (χ4n) is 3.09. The van der Waals surface area contributed by atoms with Crippen LogP contribution in [0.1, 0.15) is 18.4 Å². The molecule has 1 atom stereocenters. The maximum Gasteiger partial charge on any atom is 0.160 e. The van der Waals surface area contributed by atoms with E-state index in [1.165, 1.54) is 0 Å². The molecule has 1 heterocycles. The monoisotopic (exact) mass is 317 g/mol. The van der Waals surface area contributed by atoms with Crippen molar-refractivity contribution in [2.75, 3.05) is 14.1 Å². The molecule has 0 radical (unpaired) electrons. The quantitative estimate of drug-likeness (QED) is 0.696. The Morgan fingerprint density at radius 1 is 1.21 bits per heavy atom. The van der Waals surface area contributed by atoms with E-state index < -0.39 is 0 Å². The SMILES string of the molecule is CN=c1ccc2c(ccc3nc4c(oc32)C=C(NC)C(C)C=C4)c1. The van der Waals surface area contributed by atoms with Gasteiger partial charge in [-0.05, 0) is 35.7 Å². The van der Waals surface area contributed by atoms with Crippen molar-refractivity contribution in [3.63, 3.8) is 0 Å². The molecule has 0 amide bonds. The van der Waals surface area contributed by atoms with Gasteiger partial charge in [0.25, 0.3) is 0 Å². The fourth-order valence-corrected chi connectivity index (χ4v) is 3.09. The molecule has 24 heavy (non-hydrogen) atoms. The lowest BCUT2D eigenvalue weighted by Crippen LogP contribution is -2.11. The van der Waals surface area contributed by atoms with E-state index in [4.69, 9.17) is 9.40 Å². The summed E-state index contributed by atoms with van der Waals surface area (Å²) in [5.41, 5.74) is 3.64. The van der Waals surface area contributed by atoms with Gasteiger partial charge in [0.1, 0.15) is 11.2 Å². The van der Waals surface area contributed by atoms with E-state index in [2.05, 4.69) is 41.5 Å². The largest absolute Gasteiger partial charge is 0.452 e. The number of hydrogen-bond acceptors (Lipinski definition) is 4. The Bertz CT molecular complexity index is 1070. The normalized spacial score (nSPS) is 17.7. The lowest BCUT2D eigenvalue weighted by molar-refractivity contribution is 0.586. The van der Waals surface area contributed by atoms with Gasteiger partial charge in [0, 0.05) is 37.2 Å². The summed E-state index contributed by atoms with van der Waals surface area (Å²) in [5, 5.41) is 6.36. The number of nitrogens with one attached hydrogen (secondary N) is 1. The van der Waals surface area contributed by atoms with E-state index in [1.54, 1.807) is 7.05 Å². The summed E-state index contributed by atoms with van der Waals surface area (Å²) < 4.78 is 6.27. The summed E-state index contributed by atoms with van der Waals surface area (Å²) in [4.78, 5) is 9.03. The molecule has 3 aromatic rings. The van der Waals surface area contributed by atoms with Gasteiger partial charge in [0.15, 0.2) is 11.3 Å². The molecular weight excluding hydrogens is 298 g/mol. The predicted molar refractivity (Wildman–Crippen MR) is 98.2 cm³/mol. The van der Waals surface area contributed by atoms with Crippen molar-refractivity contribution in [1.82, 2.24) is 10.3 Å². The van der Waals surface area contributed by atoms with Crippen LogP contribution in [0.15, 0.2) is 51.5 Å². The molecule has 4 rings (SSSR count). The highest BCUT2D eigenvalue weighted by Gasteiger charge is 2.14. The second-order valence-corrected chi connectivity index (χ2v) is 6.00. The molecule has 0 fully saturated rings. The topological polar surface area (TPSA) is 50.4 Å². The van der Waals surface area contributed by atoms with Crippen LogP contribution in [-0.2, 0) is 0 Å². The van der Waals surface area contributed by atoms with Crippen molar-refractivity contribution in [3.8, 4) is 0 Å². The third-order valence-corrected chi connectivity index (χ3v) is 4.51. The number of aromatic nitrogens is 1. The molecule has 0 spiro atoms. The summed E-state index contributed by atoms with van der Waals surface area (Å²) in [6.07, 6.45) is 6.21. The van der Waals surface area contributed by atoms with Crippen LogP contribution in [0.3, 0.4) is 0 Å². The van der Waals surface area contributed by atoms with Gasteiger partial charge >= 0.3 is 0 Å². The summed E-state index contributed by atoms with van der Waals surface area (Å²) in [7, 11) is 3.73. The van der Waals surface area contributed by atoms with Crippen LogP contribution in [0.2, 0.25) is 0 Å². The minimum absolute atomic E-state index is 0.299. The molecule has 1 unspecified atom stereocenters. The van der Waals surface area contributed by atoms with Crippen molar-refractivity contribution in [3.05, 3.63) is 58.9 Å². The van der Waals surface area contributed by atoms with Gasteiger partial charge in [0.2, 0.25) is 0 Å². The molecule has 1 aromatic heterocycles. The van der Waals surface area contributed by atoms with E-state index in [1.807, 2.05) is 31.3 Å². The molecule has 2 aromatic carbocycles. The second-order valence-electron chi connectivity index (χ2n) is 6.00. The third kappa shape index (κ3) is 2.31. The molecule has 0 saturated carbocycles. The average Bonchev–Trinajstić information content (AvgIpc) is 2.78. The van der Waals surface area contributed by atoms with Gasteiger partial charge in [-0.15, -0.1) is 0 Å². The molecule has 120 valence electrons. The van der Waals surface area contributed by atoms with Crippen LogP contribution in [0, 0.1) is 5.92 Å². The Morgan fingerprint density at radius 3 is 2.88 bits per heavy atom. The van der Waals surface area contributed by atoms with Crippen LogP contribution < -0.4 is 10.7 Å². The van der Waals surface area contributed by atoms with E-state index in [0.29, 0.717) is 5.92 Å². The molecule has 4 nitrogen and oxygen atoms in total. The second kappa shape index (κ2) is 5.64. The molecule has 1 N–H and O–H groups in total. The summed E-state index contributed by atoms with van der Waals surface area (Å²) in [6, 6.07) is 10.2. The zero-order valence-electron chi connectivity index (χ0n) is 14.0. The molecule has 1 aliphatic carbocycles. The lowest BCUT2D eigenvalue weighted by Gasteiger charge is -2.10. The molecule has 1 aliphatic rings. The van der Waals surface area contributed by atoms with Crippen LogP contribution in [-0.4, -0.2) is 19.1 Å². The van der Waals surface area contributed by atoms with Gasteiger partial charge in [-0.1, -0.05) is 19.1 Å². The Balaban J connectivity index is 2.05. The van der Waals surface area contributed by atoms with Crippen LogP contribution in [0.5, 0.6) is 0 Å². The van der Waals surface area contributed by atoms with Gasteiger partial charge in [-0.25, -0.2) is 4.98 Å². The van der Waals surface area contributed by atoms with Crippen molar-refractivity contribution in [2.45, 2.75) is 6.92 Å². The average molecular weight is 317 g/mol. The smallest absolute Gasteiger partial charge is 0.160 e. The first-order valence-corrected chi connectivity index (χ1v) is 8.07. The minimum atomic E-state index is 0.299. The van der Waals surface area contributed by atoms with Crippen LogP contribution in [0.4, 0.5) is 0 Å². The van der Waals surface area contributed by atoms with Crippen molar-refractivity contribution in [2.24, 2.45) is 10.9 Å². The van der Waals surface area contributed by atoms with E-state index in [9.17, 15) is 0 Å². The molecule has 4 heteroatoms. The highest BCUT2D eigenvalue weighted by atomic mass is 16.3. The highest BCUT2D eigenvalue weighted by Crippen LogP contribution is 2.29. The molecular formula is C20H19N3O. The van der Waals surface area contributed by atoms with E-state index >= 15 is 0 Å². The van der Waals surface area contributed by atoms with Crippen molar-refractivity contribution >= 4 is 34.0 Å². The first-order valence-electron chi connectivity index (χ1n) is 8.07. The van der Waals surface area contributed by atoms with Crippen molar-refractivity contribution in [1.29, 1.82) is 0 Å². The Hall–Kier alpha value is -2.88. The number of rotatable bonds is 1. The Morgan fingerprint density at radius 2 is 2.08 bits per heavy atom. The van der Waals surface area contributed by atoms with Crippen molar-refractivity contribution < 1.29 is 4.42 Å². The fraction of sp³-hybridized carbons (Fsp3) is 0.200. The van der Waals surface area contributed by atoms with Gasteiger partial charge < -0.3 is 9.73 Å². The predicted octanol–water partition coefficient (Wildman–Crippen LogP) is 3.73. The number of allylic oxidation sites excluding steroid dienone is 1. The zero-order valence-corrected chi connectivity index (χ0v) is 14.0. The van der Waals surface area contributed by atoms with Crippen LogP contribution in [0.25, 0.3) is 34.0 Å². The summed E-state index contributed by atoms with van der Waals surface area (Å²) in [6.45, 7) is 2.15. The molecule has 0 bridgehead atoms. The number of nitrogens with zero attached hydrogens (tertiary/aromatic N) is 2. The Kier molecular flexibility index (Phi) is 3.45. The third-order valence-electron chi connectivity index (χ3n) is 4.51. The first-order chi connectivity index (χ1) is 11.7. The number of hydrogen-bond donors (Lipinski definition) is 1. The van der Waals surface area contributed by atoms with Gasteiger partial charge in [-0.2, -0.15) is 0 Å². The number of benzene rings is 2. The van der Waals surface area contributed by atoms with E-state index in [0.717, 1.165) is 44.4 Å². The summed E-state index contributed by atoms with van der Waals surface area (Å²) >= 11 is 0. The summed E-state index contributed by atoms with van der Waals surface area (Å²) in [5.74, 6) is 1.08.